The third-order valence-corrected chi connectivity index (χ3v) is 4.00. The molecule has 1 saturated carbocycles. The minimum Gasteiger partial charge on any atom is -0.369 e. The highest BCUT2D eigenvalue weighted by atomic mass is 15.2. The predicted molar refractivity (Wildman–Crippen MR) is 88.7 cm³/mol. The lowest BCUT2D eigenvalue weighted by Gasteiger charge is -2.25. The molecule has 0 saturated heterocycles. The van der Waals surface area contributed by atoms with Crippen LogP contribution in [0.4, 0.5) is 5.69 Å². The van der Waals surface area contributed by atoms with E-state index in [0.29, 0.717) is 5.92 Å². The first-order chi connectivity index (χ1) is 10.2. The van der Waals surface area contributed by atoms with Gasteiger partial charge in [-0.2, -0.15) is 0 Å². The lowest BCUT2D eigenvalue weighted by atomic mass is 10.2. The van der Waals surface area contributed by atoms with Crippen LogP contribution in [-0.2, 0) is 6.54 Å². The summed E-state index contributed by atoms with van der Waals surface area (Å²) in [7, 11) is 0. The summed E-state index contributed by atoms with van der Waals surface area (Å²) >= 11 is 0. The molecule has 1 aliphatic carbocycles. The van der Waals surface area contributed by atoms with Crippen molar-refractivity contribution in [2.45, 2.75) is 59.4 Å². The topological polar surface area (TPSA) is 41.1 Å². The monoisotopic (exact) mass is 290 g/mol. The van der Waals surface area contributed by atoms with Gasteiger partial charge in [-0.1, -0.05) is 20.8 Å². The van der Waals surface area contributed by atoms with Gasteiger partial charge in [0.15, 0.2) is 0 Å². The van der Waals surface area contributed by atoms with Crippen molar-refractivity contribution in [2.24, 2.45) is 5.92 Å². The van der Waals surface area contributed by atoms with Crippen LogP contribution in [0.3, 0.4) is 0 Å². The molecule has 1 heterocycles. The number of hydrogen-bond acceptors (Lipinski definition) is 4. The van der Waals surface area contributed by atoms with Crippen LogP contribution in [0.15, 0.2) is 6.20 Å². The maximum Gasteiger partial charge on any atom is 0.131 e. The Kier molecular flexibility index (Phi) is 5.97. The predicted octanol–water partition coefficient (Wildman–Crippen LogP) is 3.34. The molecule has 0 aromatic carbocycles. The lowest BCUT2D eigenvalue weighted by Crippen LogP contribution is -2.28. The van der Waals surface area contributed by atoms with E-state index in [4.69, 9.17) is 4.98 Å². The summed E-state index contributed by atoms with van der Waals surface area (Å²) in [6, 6.07) is 0. The van der Waals surface area contributed by atoms with Crippen LogP contribution < -0.4 is 10.2 Å². The highest BCUT2D eigenvalue weighted by Gasteiger charge is 2.25. The summed E-state index contributed by atoms with van der Waals surface area (Å²) in [6.07, 6.45) is 5.95. The highest BCUT2D eigenvalue weighted by molar-refractivity contribution is 5.49. The Labute approximate surface area is 129 Å². The second kappa shape index (κ2) is 7.74. The zero-order chi connectivity index (χ0) is 15.2. The van der Waals surface area contributed by atoms with Gasteiger partial charge in [0.05, 0.1) is 17.6 Å². The molecule has 1 N–H and O–H groups in total. The molecule has 0 atom stereocenters. The molecular formula is C17H30N4. The summed E-state index contributed by atoms with van der Waals surface area (Å²) in [6.45, 7) is 12.8. The summed E-state index contributed by atoms with van der Waals surface area (Å²) in [5.74, 6) is 2.21. The van der Waals surface area contributed by atoms with E-state index in [1.807, 2.05) is 6.20 Å². The van der Waals surface area contributed by atoms with E-state index in [0.717, 1.165) is 50.0 Å². The number of rotatable bonds is 9. The van der Waals surface area contributed by atoms with Gasteiger partial charge in [0.1, 0.15) is 5.82 Å². The van der Waals surface area contributed by atoms with Crippen molar-refractivity contribution in [1.82, 2.24) is 15.3 Å². The molecule has 21 heavy (non-hydrogen) atoms. The Bertz CT molecular complexity index is 440. The zero-order valence-electron chi connectivity index (χ0n) is 14.0. The molecule has 0 aliphatic heterocycles. The molecule has 4 nitrogen and oxygen atoms in total. The van der Waals surface area contributed by atoms with E-state index < -0.39 is 0 Å². The SMILES string of the molecule is CCCNCc1nc(C(C)C)ncc1N(CC)CC1CC1. The fraction of sp³-hybridized carbons (Fsp3) is 0.765. The molecular weight excluding hydrogens is 260 g/mol. The van der Waals surface area contributed by atoms with Crippen LogP contribution >= 0.6 is 0 Å². The minimum absolute atomic E-state index is 0.377. The average Bonchev–Trinajstić information content (AvgIpc) is 3.29. The number of nitrogens with zero attached hydrogens (tertiary/aromatic N) is 3. The van der Waals surface area contributed by atoms with Gasteiger partial charge in [-0.15, -0.1) is 0 Å². The first-order valence-corrected chi connectivity index (χ1v) is 8.47. The van der Waals surface area contributed by atoms with E-state index >= 15 is 0 Å². The van der Waals surface area contributed by atoms with Gasteiger partial charge in [-0.25, -0.2) is 9.97 Å². The minimum atomic E-state index is 0.377. The maximum atomic E-state index is 4.83. The first-order valence-electron chi connectivity index (χ1n) is 8.47. The Morgan fingerprint density at radius 3 is 2.67 bits per heavy atom. The van der Waals surface area contributed by atoms with Gasteiger partial charge >= 0.3 is 0 Å². The Morgan fingerprint density at radius 2 is 2.10 bits per heavy atom. The van der Waals surface area contributed by atoms with Gasteiger partial charge in [-0.3, -0.25) is 0 Å². The van der Waals surface area contributed by atoms with Crippen LogP contribution in [0, 0.1) is 5.92 Å². The molecule has 0 radical (unpaired) electrons. The molecule has 0 amide bonds. The zero-order valence-corrected chi connectivity index (χ0v) is 14.0. The summed E-state index contributed by atoms with van der Waals surface area (Å²) in [5, 5.41) is 3.49. The van der Waals surface area contributed by atoms with E-state index in [1.54, 1.807) is 0 Å². The van der Waals surface area contributed by atoms with Gasteiger partial charge in [0.25, 0.3) is 0 Å². The highest BCUT2D eigenvalue weighted by Crippen LogP contribution is 2.32. The number of nitrogens with one attached hydrogen (secondary N) is 1. The van der Waals surface area contributed by atoms with Crippen LogP contribution in [0.1, 0.15) is 64.4 Å². The first kappa shape index (κ1) is 16.2. The Balaban J connectivity index is 2.18. The normalized spacial score (nSPS) is 14.7. The Morgan fingerprint density at radius 1 is 1.33 bits per heavy atom. The van der Waals surface area contributed by atoms with Crippen molar-refractivity contribution in [1.29, 1.82) is 0 Å². The van der Waals surface area contributed by atoms with Crippen LogP contribution in [0.2, 0.25) is 0 Å². The Hall–Kier alpha value is -1.16. The molecule has 118 valence electrons. The van der Waals surface area contributed by atoms with Crippen molar-refractivity contribution < 1.29 is 0 Å². The molecule has 2 rings (SSSR count). The second-order valence-corrected chi connectivity index (χ2v) is 6.37. The average molecular weight is 290 g/mol. The summed E-state index contributed by atoms with van der Waals surface area (Å²) in [4.78, 5) is 11.9. The van der Waals surface area contributed by atoms with Crippen LogP contribution in [0.5, 0.6) is 0 Å². The van der Waals surface area contributed by atoms with Crippen molar-refractivity contribution >= 4 is 5.69 Å². The second-order valence-electron chi connectivity index (χ2n) is 6.37. The van der Waals surface area contributed by atoms with Crippen molar-refractivity contribution in [3.05, 3.63) is 17.7 Å². The molecule has 0 unspecified atom stereocenters. The molecule has 0 bridgehead atoms. The molecule has 1 aliphatic rings. The van der Waals surface area contributed by atoms with Crippen molar-refractivity contribution in [3.8, 4) is 0 Å². The molecule has 4 heteroatoms. The standard InChI is InChI=1S/C17H30N4/c1-5-9-18-10-15-16(11-19-17(20-15)13(3)4)21(6-2)12-14-7-8-14/h11,13-14,18H,5-10,12H2,1-4H3. The van der Waals surface area contributed by atoms with E-state index in [2.05, 4.69) is 42.9 Å². The van der Waals surface area contributed by atoms with E-state index in [9.17, 15) is 0 Å². The maximum absolute atomic E-state index is 4.83. The lowest BCUT2D eigenvalue weighted by molar-refractivity contribution is 0.644. The summed E-state index contributed by atoms with van der Waals surface area (Å²) in [5.41, 5.74) is 2.38. The van der Waals surface area contributed by atoms with Gasteiger partial charge in [0, 0.05) is 25.6 Å². The van der Waals surface area contributed by atoms with Crippen LogP contribution in [-0.4, -0.2) is 29.6 Å². The molecule has 0 spiro atoms. The van der Waals surface area contributed by atoms with Crippen molar-refractivity contribution in [3.63, 3.8) is 0 Å². The third kappa shape index (κ3) is 4.67. The van der Waals surface area contributed by atoms with Crippen molar-refractivity contribution in [2.75, 3.05) is 24.5 Å². The number of hydrogen-bond donors (Lipinski definition) is 1. The fourth-order valence-corrected chi connectivity index (χ4v) is 2.49. The number of anilines is 1. The molecule has 1 aromatic rings. The molecule has 1 fully saturated rings. The van der Waals surface area contributed by atoms with Gasteiger partial charge < -0.3 is 10.2 Å². The van der Waals surface area contributed by atoms with Gasteiger partial charge in [-0.05, 0) is 38.6 Å². The largest absolute Gasteiger partial charge is 0.369 e. The van der Waals surface area contributed by atoms with Gasteiger partial charge in [0.2, 0.25) is 0 Å². The molecule has 1 aromatic heterocycles. The van der Waals surface area contributed by atoms with E-state index in [-0.39, 0.29) is 0 Å². The van der Waals surface area contributed by atoms with Crippen LogP contribution in [0.25, 0.3) is 0 Å². The van der Waals surface area contributed by atoms with E-state index in [1.165, 1.54) is 18.5 Å². The summed E-state index contributed by atoms with van der Waals surface area (Å²) < 4.78 is 0. The fourth-order valence-electron chi connectivity index (χ4n) is 2.49. The number of aromatic nitrogens is 2. The smallest absolute Gasteiger partial charge is 0.131 e. The third-order valence-electron chi connectivity index (χ3n) is 4.00. The quantitative estimate of drug-likeness (QED) is 0.708.